The molecular formula is C21H20FNO2S2. The Morgan fingerprint density at radius 2 is 1.93 bits per heavy atom. The normalized spacial score (nSPS) is 16.9. The largest absolute Gasteiger partial charge is 0.478 e. The van der Waals surface area contributed by atoms with Crippen LogP contribution in [0.1, 0.15) is 35.2 Å². The van der Waals surface area contributed by atoms with E-state index in [0.717, 1.165) is 11.3 Å². The Labute approximate surface area is 166 Å². The number of carbonyl (C=O) groups is 1. The van der Waals surface area contributed by atoms with Gasteiger partial charge in [0.25, 0.3) is 5.91 Å². The van der Waals surface area contributed by atoms with Crippen LogP contribution in [0.3, 0.4) is 0 Å². The third kappa shape index (κ3) is 3.51. The Balaban J connectivity index is 1.64. The van der Waals surface area contributed by atoms with Gasteiger partial charge in [0.05, 0.1) is 6.04 Å². The summed E-state index contributed by atoms with van der Waals surface area (Å²) < 4.78 is 19.1. The standard InChI is InChI=1S/C21H20FNO2S2/c1-21(2,25-15-7-5-14(22)6-8-15)20(24)23-11-9-17-16(10-13-27-17)19(23)18-4-3-12-26-18/h3-8,10,12-13,19H,9,11H2,1-2H3. The second-order valence-corrected chi connectivity index (χ2v) is 9.01. The third-order valence-electron chi connectivity index (χ3n) is 4.74. The molecule has 1 atom stereocenters. The van der Waals surface area contributed by atoms with Crippen LogP contribution in [-0.2, 0) is 11.2 Å². The van der Waals surface area contributed by atoms with Gasteiger partial charge in [0, 0.05) is 16.3 Å². The van der Waals surface area contributed by atoms with Gasteiger partial charge in [-0.2, -0.15) is 0 Å². The van der Waals surface area contributed by atoms with Crippen molar-refractivity contribution in [1.29, 1.82) is 0 Å². The van der Waals surface area contributed by atoms with Gasteiger partial charge < -0.3 is 9.64 Å². The van der Waals surface area contributed by atoms with Crippen molar-refractivity contribution in [2.75, 3.05) is 6.54 Å². The minimum absolute atomic E-state index is 0.0675. The molecule has 0 spiro atoms. The lowest BCUT2D eigenvalue weighted by molar-refractivity contribution is -0.147. The first-order chi connectivity index (χ1) is 13.0. The van der Waals surface area contributed by atoms with Crippen LogP contribution in [0.2, 0.25) is 0 Å². The van der Waals surface area contributed by atoms with Crippen molar-refractivity contribution in [3.8, 4) is 5.75 Å². The molecule has 0 fully saturated rings. The number of ether oxygens (including phenoxy) is 1. The highest BCUT2D eigenvalue weighted by atomic mass is 32.1. The highest BCUT2D eigenvalue weighted by molar-refractivity contribution is 7.10. The summed E-state index contributed by atoms with van der Waals surface area (Å²) in [5.74, 6) is 0.0861. The predicted octanol–water partition coefficient (Wildman–Crippen LogP) is 5.28. The summed E-state index contributed by atoms with van der Waals surface area (Å²) in [7, 11) is 0. The fraction of sp³-hybridized carbons (Fsp3) is 0.286. The number of benzene rings is 1. The molecule has 1 unspecified atom stereocenters. The lowest BCUT2D eigenvalue weighted by atomic mass is 9.95. The van der Waals surface area contributed by atoms with E-state index in [1.54, 1.807) is 48.7 Å². The smallest absolute Gasteiger partial charge is 0.266 e. The summed E-state index contributed by atoms with van der Waals surface area (Å²) in [6, 6.07) is 11.9. The second kappa shape index (κ2) is 7.09. The molecule has 0 aliphatic carbocycles. The Kier molecular flexibility index (Phi) is 4.78. The van der Waals surface area contributed by atoms with Gasteiger partial charge in [-0.25, -0.2) is 4.39 Å². The lowest BCUT2D eigenvalue weighted by Gasteiger charge is -2.40. The first-order valence-corrected chi connectivity index (χ1v) is 10.6. The summed E-state index contributed by atoms with van der Waals surface area (Å²) in [6.07, 6.45) is 0.854. The number of thiophene rings is 2. The van der Waals surface area contributed by atoms with Crippen LogP contribution in [0.25, 0.3) is 0 Å². The van der Waals surface area contributed by atoms with Crippen molar-refractivity contribution in [1.82, 2.24) is 4.90 Å². The quantitative estimate of drug-likeness (QED) is 0.595. The number of hydrogen-bond acceptors (Lipinski definition) is 4. The maximum absolute atomic E-state index is 13.5. The van der Waals surface area contributed by atoms with E-state index in [9.17, 15) is 9.18 Å². The molecule has 1 aromatic carbocycles. The predicted molar refractivity (Wildman–Crippen MR) is 107 cm³/mol. The van der Waals surface area contributed by atoms with E-state index in [-0.39, 0.29) is 17.8 Å². The first kappa shape index (κ1) is 18.2. The molecule has 3 heterocycles. The molecule has 3 nitrogen and oxygen atoms in total. The van der Waals surface area contributed by atoms with Crippen molar-refractivity contribution in [3.05, 3.63) is 74.4 Å². The maximum atomic E-state index is 13.5. The minimum atomic E-state index is -1.05. The van der Waals surface area contributed by atoms with Crippen LogP contribution in [0.5, 0.6) is 5.75 Å². The fourth-order valence-corrected chi connectivity index (χ4v) is 5.23. The molecule has 140 valence electrons. The molecule has 0 radical (unpaired) electrons. The Morgan fingerprint density at radius 3 is 2.63 bits per heavy atom. The number of carbonyl (C=O) groups excluding carboxylic acids is 1. The molecular weight excluding hydrogens is 381 g/mol. The first-order valence-electron chi connectivity index (χ1n) is 8.81. The van der Waals surface area contributed by atoms with E-state index in [4.69, 9.17) is 4.74 Å². The Bertz CT molecular complexity index is 932. The zero-order valence-corrected chi connectivity index (χ0v) is 16.8. The average Bonchev–Trinajstić information content (AvgIpc) is 3.33. The van der Waals surface area contributed by atoms with E-state index in [1.807, 2.05) is 16.3 Å². The summed E-state index contributed by atoms with van der Waals surface area (Å²) in [5, 5.41) is 4.14. The third-order valence-corrected chi connectivity index (χ3v) is 6.66. The van der Waals surface area contributed by atoms with Crippen LogP contribution in [-0.4, -0.2) is 23.0 Å². The van der Waals surface area contributed by atoms with Crippen LogP contribution in [0.4, 0.5) is 4.39 Å². The zero-order valence-electron chi connectivity index (χ0n) is 15.1. The minimum Gasteiger partial charge on any atom is -0.478 e. The summed E-state index contributed by atoms with van der Waals surface area (Å²) >= 11 is 3.41. The summed E-state index contributed by atoms with van der Waals surface area (Å²) in [5.41, 5.74) is 0.153. The molecule has 3 aromatic rings. The monoisotopic (exact) mass is 401 g/mol. The molecule has 0 N–H and O–H groups in total. The second-order valence-electron chi connectivity index (χ2n) is 7.03. The molecule has 27 heavy (non-hydrogen) atoms. The molecule has 2 aromatic heterocycles. The number of amides is 1. The summed E-state index contributed by atoms with van der Waals surface area (Å²) in [6.45, 7) is 4.20. The van der Waals surface area contributed by atoms with E-state index >= 15 is 0 Å². The van der Waals surface area contributed by atoms with Gasteiger partial charge in [0.1, 0.15) is 11.6 Å². The number of nitrogens with zero attached hydrogens (tertiary/aromatic N) is 1. The van der Waals surface area contributed by atoms with Gasteiger partial charge in [-0.05, 0) is 73.0 Å². The Hall–Kier alpha value is -2.18. The van der Waals surface area contributed by atoms with Gasteiger partial charge >= 0.3 is 0 Å². The van der Waals surface area contributed by atoms with Crippen LogP contribution < -0.4 is 4.74 Å². The highest BCUT2D eigenvalue weighted by Gasteiger charge is 2.41. The van der Waals surface area contributed by atoms with Crippen molar-refractivity contribution in [3.63, 3.8) is 0 Å². The average molecular weight is 402 g/mol. The van der Waals surface area contributed by atoms with Gasteiger partial charge in [-0.3, -0.25) is 4.79 Å². The molecule has 0 bridgehead atoms. The topological polar surface area (TPSA) is 29.5 Å². The van der Waals surface area contributed by atoms with Crippen molar-refractivity contribution < 1.29 is 13.9 Å². The van der Waals surface area contributed by atoms with Crippen molar-refractivity contribution in [2.24, 2.45) is 0 Å². The molecule has 1 amide bonds. The molecule has 0 saturated carbocycles. The molecule has 1 aliphatic rings. The Morgan fingerprint density at radius 1 is 1.15 bits per heavy atom. The maximum Gasteiger partial charge on any atom is 0.266 e. The van der Waals surface area contributed by atoms with Gasteiger partial charge in [-0.15, -0.1) is 22.7 Å². The highest BCUT2D eigenvalue weighted by Crippen LogP contribution is 2.40. The van der Waals surface area contributed by atoms with Gasteiger partial charge in [-0.1, -0.05) is 6.07 Å². The molecule has 6 heteroatoms. The van der Waals surface area contributed by atoms with E-state index in [0.29, 0.717) is 12.3 Å². The number of hydrogen-bond donors (Lipinski definition) is 0. The molecule has 1 aliphatic heterocycles. The lowest BCUT2D eigenvalue weighted by Crippen LogP contribution is -2.52. The molecule has 4 rings (SSSR count). The van der Waals surface area contributed by atoms with Crippen LogP contribution in [0, 0.1) is 5.82 Å². The van der Waals surface area contributed by atoms with Crippen LogP contribution >= 0.6 is 22.7 Å². The number of rotatable bonds is 4. The van der Waals surface area contributed by atoms with Crippen molar-refractivity contribution >= 4 is 28.6 Å². The molecule has 0 saturated heterocycles. The van der Waals surface area contributed by atoms with Crippen molar-refractivity contribution in [2.45, 2.75) is 31.9 Å². The van der Waals surface area contributed by atoms with Crippen LogP contribution in [0.15, 0.2) is 53.2 Å². The number of fused-ring (bicyclic) bond motifs is 1. The SMILES string of the molecule is CC(C)(Oc1ccc(F)cc1)C(=O)N1CCc2sccc2C1c1cccs1. The fourth-order valence-electron chi connectivity index (χ4n) is 3.48. The number of halogens is 1. The van der Waals surface area contributed by atoms with E-state index < -0.39 is 5.60 Å². The van der Waals surface area contributed by atoms with E-state index in [1.165, 1.54) is 22.6 Å². The zero-order chi connectivity index (χ0) is 19.0. The summed E-state index contributed by atoms with van der Waals surface area (Å²) in [4.78, 5) is 17.9. The van der Waals surface area contributed by atoms with Gasteiger partial charge in [0.15, 0.2) is 5.60 Å². The van der Waals surface area contributed by atoms with Gasteiger partial charge in [0.2, 0.25) is 0 Å². The van der Waals surface area contributed by atoms with E-state index in [2.05, 4.69) is 17.5 Å².